The van der Waals surface area contributed by atoms with E-state index < -0.39 is 66.2 Å². The topological polar surface area (TPSA) is 373 Å². The molecule has 19 N–H and O–H groups in total. The summed E-state index contributed by atoms with van der Waals surface area (Å²) >= 11 is 0. The maximum atomic E-state index is 13.5. The molecule has 0 fully saturated rings. The number of hydrogen-bond acceptors (Lipinski definition) is 9. The van der Waals surface area contributed by atoms with E-state index >= 15 is 0 Å². The van der Waals surface area contributed by atoms with E-state index in [9.17, 15) is 24.0 Å². The number of carbonyl (C=O) groups is 5. The lowest BCUT2D eigenvalue weighted by Crippen LogP contribution is -2.58. The zero-order chi connectivity index (χ0) is 34.5. The number of amides is 4. The quantitative estimate of drug-likeness (QED) is 0.0299. The highest BCUT2D eigenvalue weighted by Gasteiger charge is 2.31. The van der Waals surface area contributed by atoms with Crippen LogP contribution in [0.5, 0.6) is 0 Å². The van der Waals surface area contributed by atoms with Crippen LogP contribution in [0.3, 0.4) is 0 Å². The molecule has 45 heavy (non-hydrogen) atoms. The van der Waals surface area contributed by atoms with Crippen molar-refractivity contribution >= 4 is 47.5 Å². The number of nitrogens with one attached hydrogen (secondary N) is 4. The largest absolute Gasteiger partial charge is 0.480 e. The second-order valence-electron chi connectivity index (χ2n) is 10.4. The smallest absolute Gasteiger partial charge is 0.322 e. The molecule has 0 rings (SSSR count). The highest BCUT2D eigenvalue weighted by atomic mass is 16.4. The average Bonchev–Trinajstić information content (AvgIpc) is 2.94. The monoisotopic (exact) mass is 642 g/mol. The summed E-state index contributed by atoms with van der Waals surface area (Å²) in [4.78, 5) is 74.7. The van der Waals surface area contributed by atoms with Gasteiger partial charge in [-0.3, -0.25) is 38.9 Å². The number of carbonyl (C=O) groups excluding carboxylic acids is 4. The van der Waals surface area contributed by atoms with Gasteiger partial charge in [-0.2, -0.15) is 0 Å². The van der Waals surface area contributed by atoms with Crippen LogP contribution >= 0.6 is 0 Å². The predicted octanol–water partition coefficient (Wildman–Crippen LogP) is -5.21. The second kappa shape index (κ2) is 21.8. The van der Waals surface area contributed by atoms with E-state index in [1.807, 2.05) is 0 Å². The molecular formula is C25H50N14O6. The van der Waals surface area contributed by atoms with E-state index in [1.54, 1.807) is 13.8 Å². The van der Waals surface area contributed by atoms with Gasteiger partial charge in [0, 0.05) is 19.6 Å². The van der Waals surface area contributed by atoms with E-state index in [0.29, 0.717) is 6.42 Å². The number of nitrogens with two attached hydrogens (primary N) is 7. The van der Waals surface area contributed by atoms with Crippen molar-refractivity contribution in [3.05, 3.63) is 0 Å². The van der Waals surface area contributed by atoms with Gasteiger partial charge < -0.3 is 66.5 Å². The minimum absolute atomic E-state index is 0.0505. The van der Waals surface area contributed by atoms with E-state index in [-0.39, 0.29) is 69.6 Å². The second-order valence-corrected chi connectivity index (χ2v) is 10.4. The predicted molar refractivity (Wildman–Crippen MR) is 169 cm³/mol. The molecule has 0 saturated carbocycles. The molecule has 0 heterocycles. The summed E-state index contributed by atoms with van der Waals surface area (Å²) in [6, 6.07) is -4.42. The van der Waals surface area contributed by atoms with Crippen LogP contribution < -0.4 is 61.4 Å². The lowest BCUT2D eigenvalue weighted by Gasteiger charge is -2.27. The molecule has 4 atom stereocenters. The lowest BCUT2D eigenvalue weighted by molar-refractivity contribution is -0.139. The molecule has 0 aromatic rings. The molecule has 0 aromatic carbocycles. The zero-order valence-electron chi connectivity index (χ0n) is 25.8. The van der Waals surface area contributed by atoms with Crippen molar-refractivity contribution in [1.82, 2.24) is 21.3 Å². The van der Waals surface area contributed by atoms with Gasteiger partial charge in [-0.1, -0.05) is 13.8 Å². The normalized spacial score (nSPS) is 13.2. The Balaban J connectivity index is 5.89. The summed E-state index contributed by atoms with van der Waals surface area (Å²) in [5, 5.41) is 18.9. The number of carboxylic acids is 1. The maximum Gasteiger partial charge on any atom is 0.322 e. The minimum Gasteiger partial charge on any atom is -0.480 e. The third-order valence-corrected chi connectivity index (χ3v) is 6.12. The van der Waals surface area contributed by atoms with Gasteiger partial charge in [-0.05, 0) is 44.4 Å². The standard InChI is InChI=1S/C25H50N14O6/c1-13(2)18(22(45)36-12-17(40)41)39-21(44)16(8-5-11-35-25(31)32)38-20(43)15(7-4-10-34-24(29)30)37-19(42)14(26)6-3-9-33-23(27)28/h13-16,18H,3-12,26H2,1-2H3,(H,36,45)(H,37,42)(H,38,43)(H,39,44)(H,40,41)(H4,27,28,33)(H4,29,30,34)(H4,31,32,35)/t14-,15-,16-,18-/m0/s1. The molecule has 256 valence electrons. The van der Waals surface area contributed by atoms with Crippen molar-refractivity contribution < 1.29 is 29.1 Å². The third-order valence-electron chi connectivity index (χ3n) is 6.12. The third kappa shape index (κ3) is 19.1. The number of hydrogen-bond donors (Lipinski definition) is 12. The Morgan fingerprint density at radius 3 is 1.42 bits per heavy atom. The summed E-state index contributed by atoms with van der Waals surface area (Å²) in [6.07, 6.45) is 1.31. The molecular weight excluding hydrogens is 592 g/mol. The highest BCUT2D eigenvalue weighted by Crippen LogP contribution is 2.08. The van der Waals surface area contributed by atoms with E-state index in [4.69, 9.17) is 45.2 Å². The van der Waals surface area contributed by atoms with E-state index in [1.165, 1.54) is 0 Å². The van der Waals surface area contributed by atoms with Crippen molar-refractivity contribution in [2.45, 2.75) is 76.5 Å². The van der Waals surface area contributed by atoms with Crippen molar-refractivity contribution in [3.8, 4) is 0 Å². The summed E-state index contributed by atoms with van der Waals surface area (Å²) in [5.41, 5.74) is 38.1. The van der Waals surface area contributed by atoms with Crippen LogP contribution in [0.2, 0.25) is 0 Å². The van der Waals surface area contributed by atoms with Gasteiger partial charge in [-0.15, -0.1) is 0 Å². The SMILES string of the molecule is CC(C)[C@H](NC(=O)[C@H](CCCN=C(N)N)NC(=O)[C@H](CCCN=C(N)N)NC(=O)[C@@H](N)CCCN=C(N)N)C(=O)NCC(=O)O. The van der Waals surface area contributed by atoms with Crippen molar-refractivity contribution in [3.63, 3.8) is 0 Å². The van der Waals surface area contributed by atoms with Crippen molar-refractivity contribution in [2.75, 3.05) is 26.2 Å². The summed E-state index contributed by atoms with van der Waals surface area (Å²) in [7, 11) is 0. The van der Waals surface area contributed by atoms with E-state index in [2.05, 4.69) is 36.2 Å². The summed E-state index contributed by atoms with van der Waals surface area (Å²) in [5.74, 6) is -4.86. The number of guanidine groups is 3. The Kier molecular flexibility index (Phi) is 19.4. The first-order chi connectivity index (χ1) is 21.0. The maximum absolute atomic E-state index is 13.5. The van der Waals surface area contributed by atoms with Crippen LogP contribution in [0.4, 0.5) is 0 Å². The van der Waals surface area contributed by atoms with Crippen LogP contribution in [0, 0.1) is 5.92 Å². The van der Waals surface area contributed by atoms with Gasteiger partial charge in [0.2, 0.25) is 23.6 Å². The van der Waals surface area contributed by atoms with Gasteiger partial charge in [0.15, 0.2) is 17.9 Å². The molecule has 0 saturated heterocycles. The fraction of sp³-hybridized carbons (Fsp3) is 0.680. The number of rotatable bonds is 22. The molecule has 0 unspecified atom stereocenters. The van der Waals surface area contributed by atoms with Gasteiger partial charge in [0.25, 0.3) is 0 Å². The molecule has 0 bridgehead atoms. The Morgan fingerprint density at radius 1 is 0.622 bits per heavy atom. The number of carboxylic acid groups (broad SMARTS) is 1. The first kappa shape index (κ1) is 40.1. The Morgan fingerprint density at radius 2 is 1.02 bits per heavy atom. The van der Waals surface area contributed by atoms with Crippen LogP contribution in [0.25, 0.3) is 0 Å². The molecule has 20 heteroatoms. The van der Waals surface area contributed by atoms with E-state index in [0.717, 1.165) is 0 Å². The Bertz CT molecular complexity index is 1070. The lowest BCUT2D eigenvalue weighted by atomic mass is 10.0. The summed E-state index contributed by atoms with van der Waals surface area (Å²) in [6.45, 7) is 3.22. The minimum atomic E-state index is -1.26. The Labute approximate surface area is 261 Å². The fourth-order valence-electron chi connectivity index (χ4n) is 3.81. The zero-order valence-corrected chi connectivity index (χ0v) is 25.8. The molecule has 0 radical (unpaired) electrons. The number of aliphatic carboxylic acids is 1. The molecule has 20 nitrogen and oxygen atoms in total. The summed E-state index contributed by atoms with van der Waals surface area (Å²) < 4.78 is 0. The van der Waals surface area contributed by atoms with Crippen LogP contribution in [0.1, 0.15) is 52.4 Å². The first-order valence-electron chi connectivity index (χ1n) is 14.4. The Hall–Kier alpha value is -4.88. The average molecular weight is 643 g/mol. The molecule has 0 aliphatic carbocycles. The molecule has 0 spiro atoms. The molecule has 4 amide bonds. The number of aliphatic imine (C=N–C) groups is 3. The van der Waals surface area contributed by atoms with Crippen LogP contribution in [0.15, 0.2) is 15.0 Å². The molecule has 0 aromatic heterocycles. The van der Waals surface area contributed by atoms with Gasteiger partial charge in [0.05, 0.1) is 6.04 Å². The van der Waals surface area contributed by atoms with Gasteiger partial charge >= 0.3 is 5.97 Å². The molecule has 0 aliphatic heterocycles. The van der Waals surface area contributed by atoms with Gasteiger partial charge in [-0.25, -0.2) is 0 Å². The molecule has 0 aliphatic rings. The van der Waals surface area contributed by atoms with Crippen molar-refractivity contribution in [1.29, 1.82) is 0 Å². The highest BCUT2D eigenvalue weighted by molar-refractivity contribution is 5.95. The van der Waals surface area contributed by atoms with Crippen LogP contribution in [-0.2, 0) is 24.0 Å². The van der Waals surface area contributed by atoms with Crippen molar-refractivity contribution in [2.24, 2.45) is 61.0 Å². The number of nitrogens with zero attached hydrogens (tertiary/aromatic N) is 3. The van der Waals surface area contributed by atoms with Gasteiger partial charge in [0.1, 0.15) is 24.7 Å². The fourth-order valence-corrected chi connectivity index (χ4v) is 3.81. The van der Waals surface area contributed by atoms with Crippen LogP contribution in [-0.4, -0.2) is 103 Å². The first-order valence-corrected chi connectivity index (χ1v) is 14.4.